The molecule has 0 unspecified atom stereocenters. The Hall–Kier alpha value is -4.14. The number of hydrogen-bond acceptors (Lipinski definition) is 5. The molecule has 0 saturated heterocycles. The van der Waals surface area contributed by atoms with Crippen LogP contribution in [0.4, 0.5) is 26.0 Å². The Morgan fingerprint density at radius 2 is 1.67 bits per heavy atom. The summed E-state index contributed by atoms with van der Waals surface area (Å²) in [6, 6.07) is 11.7. The number of aryl methyl sites for hydroxylation is 1. The molecule has 2 aromatic carbocycles. The van der Waals surface area contributed by atoms with Crippen molar-refractivity contribution in [2.45, 2.75) is 6.92 Å². The van der Waals surface area contributed by atoms with Crippen LogP contribution in [0.5, 0.6) is 0 Å². The molecule has 2 heterocycles. The van der Waals surface area contributed by atoms with Gasteiger partial charge in [-0.25, -0.2) is 23.7 Å². The predicted octanol–water partition coefficient (Wildman–Crippen LogP) is 4.24. The number of halogens is 2. The molecule has 0 radical (unpaired) electrons. The third kappa shape index (κ3) is 4.00. The third-order valence-electron chi connectivity index (χ3n) is 4.33. The van der Waals surface area contributed by atoms with Crippen molar-refractivity contribution in [3.05, 3.63) is 90.3 Å². The van der Waals surface area contributed by atoms with Crippen molar-refractivity contribution in [1.82, 2.24) is 19.5 Å². The highest BCUT2D eigenvalue weighted by Crippen LogP contribution is 2.20. The van der Waals surface area contributed by atoms with E-state index in [1.54, 1.807) is 42.7 Å². The van der Waals surface area contributed by atoms with E-state index in [9.17, 15) is 13.6 Å². The van der Waals surface area contributed by atoms with E-state index < -0.39 is 23.1 Å². The van der Waals surface area contributed by atoms with Gasteiger partial charge in [-0.15, -0.1) is 0 Å². The largest absolute Gasteiger partial charge is 0.340 e. The van der Waals surface area contributed by atoms with E-state index in [4.69, 9.17) is 0 Å². The van der Waals surface area contributed by atoms with Gasteiger partial charge in [-0.05, 0) is 43.3 Å². The number of hydrogen-bond donors (Lipinski definition) is 2. The van der Waals surface area contributed by atoms with Crippen LogP contribution in [0.2, 0.25) is 0 Å². The summed E-state index contributed by atoms with van der Waals surface area (Å²) in [4.78, 5) is 24.8. The van der Waals surface area contributed by atoms with Gasteiger partial charge in [0.15, 0.2) is 0 Å². The van der Waals surface area contributed by atoms with E-state index >= 15 is 0 Å². The van der Waals surface area contributed by atoms with Crippen molar-refractivity contribution in [1.29, 1.82) is 0 Å². The summed E-state index contributed by atoms with van der Waals surface area (Å²) in [5, 5.41) is 5.62. The fourth-order valence-electron chi connectivity index (χ4n) is 2.86. The maximum absolute atomic E-state index is 13.7. The Morgan fingerprint density at radius 1 is 0.967 bits per heavy atom. The van der Waals surface area contributed by atoms with Crippen LogP contribution in [0.3, 0.4) is 0 Å². The van der Waals surface area contributed by atoms with Crippen molar-refractivity contribution in [3.8, 4) is 5.82 Å². The Bertz CT molecular complexity index is 1190. The molecule has 4 aromatic rings. The van der Waals surface area contributed by atoms with Crippen molar-refractivity contribution in [2.24, 2.45) is 0 Å². The van der Waals surface area contributed by atoms with Crippen molar-refractivity contribution >= 4 is 23.1 Å². The number of anilines is 3. The second-order valence-electron chi connectivity index (χ2n) is 6.36. The lowest BCUT2D eigenvalue weighted by Crippen LogP contribution is -2.15. The fourth-order valence-corrected chi connectivity index (χ4v) is 2.86. The zero-order valence-electron chi connectivity index (χ0n) is 15.8. The van der Waals surface area contributed by atoms with Crippen molar-refractivity contribution < 1.29 is 13.6 Å². The van der Waals surface area contributed by atoms with Crippen LogP contribution in [0.15, 0.2) is 67.3 Å². The van der Waals surface area contributed by atoms with Crippen LogP contribution >= 0.6 is 0 Å². The molecule has 0 saturated carbocycles. The average molecular weight is 406 g/mol. The Morgan fingerprint density at radius 3 is 2.33 bits per heavy atom. The summed E-state index contributed by atoms with van der Waals surface area (Å²) >= 11 is 0. The number of benzene rings is 2. The molecular formula is C21H16F2N6O. The molecule has 0 aliphatic carbocycles. The molecule has 2 aromatic heterocycles. The second-order valence-corrected chi connectivity index (χ2v) is 6.36. The molecule has 0 aliphatic rings. The zero-order chi connectivity index (χ0) is 21.1. The third-order valence-corrected chi connectivity index (χ3v) is 4.33. The minimum atomic E-state index is -0.918. The van der Waals surface area contributed by atoms with Gasteiger partial charge in [-0.1, -0.05) is 6.07 Å². The average Bonchev–Trinajstić information content (AvgIpc) is 3.15. The number of imidazole rings is 1. The lowest BCUT2D eigenvalue weighted by atomic mass is 10.1. The van der Waals surface area contributed by atoms with E-state index in [1.807, 2.05) is 11.5 Å². The summed E-state index contributed by atoms with van der Waals surface area (Å²) in [7, 11) is 0. The second kappa shape index (κ2) is 8.08. The van der Waals surface area contributed by atoms with Gasteiger partial charge in [-0.3, -0.25) is 9.36 Å². The molecule has 0 spiro atoms. The maximum Gasteiger partial charge on any atom is 0.261 e. The minimum absolute atomic E-state index is 0.394. The monoisotopic (exact) mass is 406 g/mol. The van der Waals surface area contributed by atoms with Crippen LogP contribution in [0, 0.1) is 18.6 Å². The summed E-state index contributed by atoms with van der Waals surface area (Å²) in [6.45, 7) is 1.87. The van der Waals surface area contributed by atoms with E-state index in [2.05, 4.69) is 25.6 Å². The van der Waals surface area contributed by atoms with Crippen LogP contribution in [-0.4, -0.2) is 25.4 Å². The standard InChI is InChI=1S/C21H16F2N6O/c1-13-24-9-10-29(13)19-11-18(25-12-26-19)27-14-5-7-15(8-6-14)28-21(30)20-16(22)3-2-4-17(20)23/h2-12H,1H3,(H,28,30)(H,25,26,27). The van der Waals surface area contributed by atoms with Gasteiger partial charge in [0.25, 0.3) is 5.91 Å². The molecular weight excluding hydrogens is 390 g/mol. The van der Waals surface area contributed by atoms with Gasteiger partial charge in [0.1, 0.15) is 41.0 Å². The summed E-state index contributed by atoms with van der Waals surface area (Å²) in [5.41, 5.74) is 0.478. The first-order valence-electron chi connectivity index (χ1n) is 8.96. The van der Waals surface area contributed by atoms with Crippen LogP contribution in [0.25, 0.3) is 5.82 Å². The first-order chi connectivity index (χ1) is 14.5. The van der Waals surface area contributed by atoms with Crippen LogP contribution in [-0.2, 0) is 0 Å². The quantitative estimate of drug-likeness (QED) is 0.518. The van der Waals surface area contributed by atoms with Crippen LogP contribution in [0.1, 0.15) is 16.2 Å². The number of aromatic nitrogens is 4. The highest BCUT2D eigenvalue weighted by molar-refractivity contribution is 6.04. The molecule has 0 fully saturated rings. The molecule has 1 amide bonds. The number of nitrogens with zero attached hydrogens (tertiary/aromatic N) is 4. The lowest BCUT2D eigenvalue weighted by Gasteiger charge is -2.10. The number of nitrogens with one attached hydrogen (secondary N) is 2. The predicted molar refractivity (Wildman–Crippen MR) is 108 cm³/mol. The number of carbonyl (C=O) groups is 1. The summed E-state index contributed by atoms with van der Waals surface area (Å²) in [5.74, 6) is -0.665. The van der Waals surface area contributed by atoms with Crippen molar-refractivity contribution in [3.63, 3.8) is 0 Å². The molecule has 2 N–H and O–H groups in total. The Balaban J connectivity index is 1.47. The molecule has 30 heavy (non-hydrogen) atoms. The topological polar surface area (TPSA) is 84.7 Å². The Kier molecular flexibility index (Phi) is 5.17. The fraction of sp³-hybridized carbons (Fsp3) is 0.0476. The minimum Gasteiger partial charge on any atom is -0.340 e. The molecule has 4 rings (SSSR count). The molecule has 150 valence electrons. The first-order valence-corrected chi connectivity index (χ1v) is 8.96. The smallest absolute Gasteiger partial charge is 0.261 e. The summed E-state index contributed by atoms with van der Waals surface area (Å²) in [6.07, 6.45) is 4.93. The van der Waals surface area contributed by atoms with E-state index in [0.29, 0.717) is 23.0 Å². The van der Waals surface area contributed by atoms with Gasteiger partial charge in [0.05, 0.1) is 0 Å². The molecule has 0 bridgehead atoms. The van der Waals surface area contributed by atoms with Gasteiger partial charge in [0.2, 0.25) is 0 Å². The number of rotatable bonds is 5. The van der Waals surface area contributed by atoms with E-state index in [-0.39, 0.29) is 0 Å². The molecule has 0 aliphatic heterocycles. The van der Waals surface area contributed by atoms with Gasteiger partial charge < -0.3 is 10.6 Å². The van der Waals surface area contributed by atoms with E-state index in [1.165, 1.54) is 12.4 Å². The van der Waals surface area contributed by atoms with Gasteiger partial charge in [0, 0.05) is 29.8 Å². The number of carbonyl (C=O) groups excluding carboxylic acids is 1. The highest BCUT2D eigenvalue weighted by atomic mass is 19.1. The SMILES string of the molecule is Cc1nccn1-c1cc(Nc2ccc(NC(=O)c3c(F)cccc3F)cc2)ncn1. The van der Waals surface area contributed by atoms with Crippen molar-refractivity contribution in [2.75, 3.05) is 10.6 Å². The number of amides is 1. The highest BCUT2D eigenvalue weighted by Gasteiger charge is 2.17. The van der Waals surface area contributed by atoms with Crippen LogP contribution < -0.4 is 10.6 Å². The zero-order valence-corrected chi connectivity index (χ0v) is 15.8. The lowest BCUT2D eigenvalue weighted by molar-refractivity contribution is 0.101. The van der Waals surface area contributed by atoms with E-state index in [0.717, 1.165) is 18.0 Å². The molecule has 9 heteroatoms. The maximum atomic E-state index is 13.7. The normalized spacial score (nSPS) is 10.6. The Labute approximate surface area is 170 Å². The molecule has 7 nitrogen and oxygen atoms in total. The first kappa shape index (κ1) is 19.2. The van der Waals surface area contributed by atoms with Gasteiger partial charge in [-0.2, -0.15) is 0 Å². The molecule has 0 atom stereocenters. The van der Waals surface area contributed by atoms with Gasteiger partial charge >= 0.3 is 0 Å². The summed E-state index contributed by atoms with van der Waals surface area (Å²) < 4.78 is 29.3.